The number of benzene rings is 2. The van der Waals surface area contributed by atoms with Crippen LogP contribution in [0.2, 0.25) is 5.02 Å². The Kier molecular flexibility index (Phi) is 4.96. The quantitative estimate of drug-likeness (QED) is 0.403. The van der Waals surface area contributed by atoms with Crippen LogP contribution in [0.15, 0.2) is 47.6 Å². The standard InChI is InChI=1S/C17H14ClN3O3S/c1-21-16(11-4-2-3-5-12(11)18)19-20-17(21)25-9-15(24)10-6-7-13(22)14(23)8-10/h2-8,22-23H,9H2,1H3. The van der Waals surface area contributed by atoms with Gasteiger partial charge in [-0.25, -0.2) is 0 Å². The van der Waals surface area contributed by atoms with Gasteiger partial charge in [0.05, 0.1) is 10.8 Å². The lowest BCUT2D eigenvalue weighted by Gasteiger charge is -2.05. The van der Waals surface area contributed by atoms with E-state index >= 15 is 0 Å². The number of rotatable bonds is 5. The molecule has 0 fully saturated rings. The highest BCUT2D eigenvalue weighted by Crippen LogP contribution is 2.29. The summed E-state index contributed by atoms with van der Waals surface area (Å²) in [5, 5.41) is 28.2. The first kappa shape index (κ1) is 17.3. The summed E-state index contributed by atoms with van der Waals surface area (Å²) in [5.74, 6) is -0.0403. The molecule has 0 amide bonds. The molecule has 0 aliphatic heterocycles. The van der Waals surface area contributed by atoms with Gasteiger partial charge in [0.2, 0.25) is 0 Å². The SMILES string of the molecule is Cn1c(SCC(=O)c2ccc(O)c(O)c2)nnc1-c1ccccc1Cl. The van der Waals surface area contributed by atoms with E-state index in [0.29, 0.717) is 21.6 Å². The first-order valence-corrected chi connectivity index (χ1v) is 8.66. The van der Waals surface area contributed by atoms with Gasteiger partial charge in [0.25, 0.3) is 0 Å². The van der Waals surface area contributed by atoms with Crippen molar-refractivity contribution in [2.75, 3.05) is 5.75 Å². The van der Waals surface area contributed by atoms with E-state index in [9.17, 15) is 15.0 Å². The number of carbonyl (C=O) groups excluding carboxylic acids is 1. The fraction of sp³-hybridized carbons (Fsp3) is 0.118. The Labute approximate surface area is 153 Å². The number of thioether (sulfide) groups is 1. The number of nitrogens with zero attached hydrogens (tertiary/aromatic N) is 3. The van der Waals surface area contributed by atoms with Crippen LogP contribution in [0.5, 0.6) is 11.5 Å². The van der Waals surface area contributed by atoms with Gasteiger partial charge in [0, 0.05) is 18.2 Å². The third kappa shape index (κ3) is 3.62. The first-order valence-electron chi connectivity index (χ1n) is 7.29. The lowest BCUT2D eigenvalue weighted by Crippen LogP contribution is -2.04. The minimum atomic E-state index is -0.324. The number of ketones is 1. The molecule has 3 aromatic rings. The van der Waals surface area contributed by atoms with E-state index in [2.05, 4.69) is 10.2 Å². The topological polar surface area (TPSA) is 88.2 Å². The molecule has 1 aromatic heterocycles. The number of phenols is 2. The number of hydrogen-bond donors (Lipinski definition) is 2. The summed E-state index contributed by atoms with van der Waals surface area (Å²) in [6.07, 6.45) is 0. The van der Waals surface area contributed by atoms with Crippen molar-refractivity contribution in [1.29, 1.82) is 0 Å². The molecule has 0 saturated carbocycles. The fourth-order valence-electron chi connectivity index (χ4n) is 2.23. The number of halogens is 1. The lowest BCUT2D eigenvalue weighted by molar-refractivity contribution is 0.102. The minimum absolute atomic E-state index is 0.124. The van der Waals surface area contributed by atoms with Crippen molar-refractivity contribution in [3.63, 3.8) is 0 Å². The van der Waals surface area contributed by atoms with E-state index < -0.39 is 0 Å². The number of hydrogen-bond acceptors (Lipinski definition) is 6. The number of aromatic nitrogens is 3. The Hall–Kier alpha value is -2.51. The van der Waals surface area contributed by atoms with Crippen LogP contribution in [-0.2, 0) is 7.05 Å². The average molecular weight is 376 g/mol. The van der Waals surface area contributed by atoms with E-state index in [-0.39, 0.29) is 23.0 Å². The third-order valence-corrected chi connectivity index (χ3v) is 4.93. The highest BCUT2D eigenvalue weighted by molar-refractivity contribution is 7.99. The van der Waals surface area contributed by atoms with Crippen molar-refractivity contribution < 1.29 is 15.0 Å². The second-order valence-electron chi connectivity index (χ2n) is 5.26. The molecule has 1 heterocycles. The molecule has 2 N–H and O–H groups in total. The largest absolute Gasteiger partial charge is 0.504 e. The van der Waals surface area contributed by atoms with E-state index in [4.69, 9.17) is 11.6 Å². The number of carbonyl (C=O) groups is 1. The maximum Gasteiger partial charge on any atom is 0.191 e. The Morgan fingerprint density at radius 3 is 2.64 bits per heavy atom. The molecule has 128 valence electrons. The Morgan fingerprint density at radius 2 is 1.92 bits per heavy atom. The zero-order valence-corrected chi connectivity index (χ0v) is 14.8. The summed E-state index contributed by atoms with van der Waals surface area (Å²) in [4.78, 5) is 12.2. The molecule has 0 aliphatic rings. The van der Waals surface area contributed by atoms with Crippen LogP contribution in [-0.4, -0.2) is 36.5 Å². The summed E-state index contributed by atoms with van der Waals surface area (Å²) in [6, 6.07) is 11.3. The monoisotopic (exact) mass is 375 g/mol. The first-order chi connectivity index (χ1) is 12.0. The predicted molar refractivity (Wildman–Crippen MR) is 96.3 cm³/mol. The molecule has 25 heavy (non-hydrogen) atoms. The Balaban J connectivity index is 1.75. The van der Waals surface area contributed by atoms with Crippen molar-refractivity contribution in [2.45, 2.75) is 5.16 Å². The molecule has 0 radical (unpaired) electrons. The molecule has 2 aromatic carbocycles. The van der Waals surface area contributed by atoms with Crippen molar-refractivity contribution >= 4 is 29.1 Å². The fourth-order valence-corrected chi connectivity index (χ4v) is 3.25. The van der Waals surface area contributed by atoms with Gasteiger partial charge in [-0.15, -0.1) is 10.2 Å². The van der Waals surface area contributed by atoms with Gasteiger partial charge in [0.1, 0.15) is 0 Å². The predicted octanol–water partition coefficient (Wildman–Crippen LogP) is 3.52. The van der Waals surface area contributed by atoms with E-state index in [1.165, 1.54) is 30.0 Å². The average Bonchev–Trinajstić information content (AvgIpc) is 2.96. The second kappa shape index (κ2) is 7.16. The summed E-state index contributed by atoms with van der Waals surface area (Å²) in [6.45, 7) is 0. The zero-order valence-electron chi connectivity index (χ0n) is 13.2. The van der Waals surface area contributed by atoms with Crippen LogP contribution >= 0.6 is 23.4 Å². The molecular formula is C17H14ClN3O3S. The molecule has 8 heteroatoms. The van der Waals surface area contributed by atoms with E-state index in [0.717, 1.165) is 5.56 Å². The van der Waals surface area contributed by atoms with Crippen molar-refractivity contribution in [3.8, 4) is 22.9 Å². The molecular weight excluding hydrogens is 362 g/mol. The van der Waals surface area contributed by atoms with Gasteiger partial charge in [0.15, 0.2) is 28.3 Å². The van der Waals surface area contributed by atoms with E-state index in [1.54, 1.807) is 17.7 Å². The van der Waals surface area contributed by atoms with Gasteiger partial charge < -0.3 is 14.8 Å². The summed E-state index contributed by atoms with van der Waals surface area (Å²) >= 11 is 7.42. The van der Waals surface area contributed by atoms with Gasteiger partial charge in [-0.3, -0.25) is 4.79 Å². The van der Waals surface area contributed by atoms with Crippen molar-refractivity contribution in [3.05, 3.63) is 53.1 Å². The number of aromatic hydroxyl groups is 2. The van der Waals surface area contributed by atoms with Crippen LogP contribution in [0, 0.1) is 0 Å². The van der Waals surface area contributed by atoms with Crippen molar-refractivity contribution in [1.82, 2.24) is 14.8 Å². The van der Waals surface area contributed by atoms with Gasteiger partial charge >= 0.3 is 0 Å². The van der Waals surface area contributed by atoms with Crippen molar-refractivity contribution in [2.24, 2.45) is 7.05 Å². The smallest absolute Gasteiger partial charge is 0.191 e. The summed E-state index contributed by atoms with van der Waals surface area (Å²) in [5.41, 5.74) is 1.08. The Morgan fingerprint density at radius 1 is 1.16 bits per heavy atom. The maximum atomic E-state index is 12.2. The van der Waals surface area contributed by atoms with Crippen LogP contribution in [0.25, 0.3) is 11.4 Å². The molecule has 0 bridgehead atoms. The zero-order chi connectivity index (χ0) is 18.0. The Bertz CT molecular complexity index is 943. The molecule has 0 spiro atoms. The van der Waals surface area contributed by atoms with Gasteiger partial charge in [-0.2, -0.15) is 0 Å². The highest BCUT2D eigenvalue weighted by atomic mass is 35.5. The van der Waals surface area contributed by atoms with Crippen LogP contribution < -0.4 is 0 Å². The second-order valence-corrected chi connectivity index (χ2v) is 6.61. The third-order valence-electron chi connectivity index (χ3n) is 3.58. The normalized spacial score (nSPS) is 10.8. The van der Waals surface area contributed by atoms with Crippen LogP contribution in [0.4, 0.5) is 0 Å². The van der Waals surface area contributed by atoms with Crippen LogP contribution in [0.3, 0.4) is 0 Å². The molecule has 0 unspecified atom stereocenters. The summed E-state index contributed by atoms with van der Waals surface area (Å²) in [7, 11) is 1.80. The number of phenolic OH excluding ortho intramolecular Hbond substituents is 2. The molecule has 0 saturated heterocycles. The van der Waals surface area contributed by atoms with Gasteiger partial charge in [-0.1, -0.05) is 35.5 Å². The minimum Gasteiger partial charge on any atom is -0.504 e. The molecule has 0 atom stereocenters. The molecule has 0 aliphatic carbocycles. The highest BCUT2D eigenvalue weighted by Gasteiger charge is 2.16. The maximum absolute atomic E-state index is 12.2. The summed E-state index contributed by atoms with van der Waals surface area (Å²) < 4.78 is 1.77. The van der Waals surface area contributed by atoms with E-state index in [1.807, 2.05) is 18.2 Å². The number of Topliss-reactive ketones (excluding diaryl/α,β-unsaturated/α-hetero) is 1. The van der Waals surface area contributed by atoms with Gasteiger partial charge in [-0.05, 0) is 30.3 Å². The molecule has 3 rings (SSSR count). The van der Waals surface area contributed by atoms with Crippen LogP contribution in [0.1, 0.15) is 10.4 Å². The lowest BCUT2D eigenvalue weighted by atomic mass is 10.1. The molecule has 6 nitrogen and oxygen atoms in total.